The molecule has 8 nitrogen and oxygen atoms in total. The Kier molecular flexibility index (Phi) is 7.12. The lowest BCUT2D eigenvalue weighted by molar-refractivity contribution is -0.629. The van der Waals surface area contributed by atoms with Crippen LogP contribution in [0.15, 0.2) is 42.2 Å². The van der Waals surface area contributed by atoms with E-state index in [-0.39, 0.29) is 31.0 Å². The molecule has 2 unspecified atom stereocenters. The van der Waals surface area contributed by atoms with Crippen molar-refractivity contribution in [2.45, 2.75) is 31.7 Å². The average Bonchev–Trinajstić information content (AvgIpc) is 2.67. The monoisotopic (exact) mass is 463 g/mol. The van der Waals surface area contributed by atoms with E-state index in [2.05, 4.69) is 0 Å². The number of aldehydes is 1. The molecule has 0 spiro atoms. The zero-order valence-electron chi connectivity index (χ0n) is 16.0. The van der Waals surface area contributed by atoms with Gasteiger partial charge < -0.3 is 19.4 Å². The highest BCUT2D eigenvalue weighted by Crippen LogP contribution is 2.43. The van der Waals surface area contributed by atoms with Gasteiger partial charge in [0.15, 0.2) is 5.41 Å². The van der Waals surface area contributed by atoms with E-state index in [4.69, 9.17) is 21.1 Å². The summed E-state index contributed by atoms with van der Waals surface area (Å²) in [6.45, 7) is 0.779. The number of benzene rings is 1. The molecule has 12 heteroatoms. The number of rotatable bonds is 9. The second-order valence-corrected chi connectivity index (χ2v) is 7.15. The van der Waals surface area contributed by atoms with Crippen LogP contribution in [0, 0.1) is 15.5 Å². The Labute approximate surface area is 179 Å². The van der Waals surface area contributed by atoms with Crippen molar-refractivity contribution in [3.63, 3.8) is 0 Å². The Bertz CT molecular complexity index is 947. The summed E-state index contributed by atoms with van der Waals surface area (Å²) in [4.78, 5) is 33.3. The highest BCUT2D eigenvalue weighted by Gasteiger charge is 2.64. The van der Waals surface area contributed by atoms with E-state index in [0.29, 0.717) is 12.4 Å². The van der Waals surface area contributed by atoms with Crippen molar-refractivity contribution in [2.24, 2.45) is 5.41 Å². The van der Waals surface area contributed by atoms with E-state index in [0.717, 1.165) is 37.3 Å². The van der Waals surface area contributed by atoms with Crippen LogP contribution in [0.5, 0.6) is 5.75 Å². The molecule has 1 aromatic rings. The van der Waals surface area contributed by atoms with Crippen LogP contribution >= 0.6 is 11.6 Å². The number of hydrogen-bond acceptors (Lipinski definition) is 6. The third-order valence-corrected chi connectivity index (χ3v) is 4.93. The van der Waals surface area contributed by atoms with Gasteiger partial charge in [-0.15, -0.1) is 0 Å². The molecule has 31 heavy (non-hydrogen) atoms. The highest BCUT2D eigenvalue weighted by atomic mass is 35.5. The van der Waals surface area contributed by atoms with Crippen molar-refractivity contribution in [1.29, 1.82) is 0 Å². The SMILES string of the molecule is CC1(C(=O)O)C=C(Oc2ccc(C(F)(F)F)cc2Cl)C=CC1(OCCCC=O)[N+](=O)[O-]. The van der Waals surface area contributed by atoms with Gasteiger partial charge in [-0.3, -0.25) is 14.9 Å². The van der Waals surface area contributed by atoms with E-state index in [1.165, 1.54) is 0 Å². The number of unbranched alkanes of at least 4 members (excludes halogenated alkanes) is 1. The van der Waals surface area contributed by atoms with Gasteiger partial charge in [0.2, 0.25) is 0 Å². The Hall–Kier alpha value is -2.92. The first-order valence-corrected chi connectivity index (χ1v) is 9.17. The third kappa shape index (κ3) is 4.88. The van der Waals surface area contributed by atoms with E-state index < -0.39 is 38.8 Å². The number of halogens is 4. The number of ether oxygens (including phenoxy) is 2. The van der Waals surface area contributed by atoms with Gasteiger partial charge in [0, 0.05) is 12.5 Å². The molecule has 0 heterocycles. The topological polar surface area (TPSA) is 116 Å². The number of carboxylic acid groups (broad SMARTS) is 1. The summed E-state index contributed by atoms with van der Waals surface area (Å²) in [7, 11) is 0. The van der Waals surface area contributed by atoms with E-state index in [1.54, 1.807) is 0 Å². The third-order valence-electron chi connectivity index (χ3n) is 4.64. The molecule has 1 aliphatic rings. The average molecular weight is 464 g/mol. The predicted octanol–water partition coefficient (Wildman–Crippen LogP) is 4.25. The molecule has 2 atom stereocenters. The van der Waals surface area contributed by atoms with Crippen LogP contribution in [-0.2, 0) is 20.5 Å². The number of alkyl halides is 3. The Morgan fingerprint density at radius 2 is 2.06 bits per heavy atom. The number of nitro groups is 1. The quantitative estimate of drug-likeness (QED) is 0.191. The number of nitrogens with zero attached hydrogens (tertiary/aromatic N) is 1. The molecule has 0 aliphatic heterocycles. The fourth-order valence-corrected chi connectivity index (χ4v) is 3.08. The zero-order valence-corrected chi connectivity index (χ0v) is 16.8. The molecule has 0 aromatic heterocycles. The first-order chi connectivity index (χ1) is 14.4. The molecule has 0 amide bonds. The molecule has 2 rings (SSSR count). The lowest BCUT2D eigenvalue weighted by Crippen LogP contribution is -2.57. The maximum Gasteiger partial charge on any atom is 0.416 e. The minimum atomic E-state index is -4.62. The Balaban J connectivity index is 2.38. The van der Waals surface area contributed by atoms with Gasteiger partial charge in [-0.25, -0.2) is 0 Å². The highest BCUT2D eigenvalue weighted by molar-refractivity contribution is 6.32. The van der Waals surface area contributed by atoms with E-state index in [9.17, 15) is 38.0 Å². The van der Waals surface area contributed by atoms with E-state index in [1.807, 2.05) is 0 Å². The number of carbonyl (C=O) groups excluding carboxylic acids is 1. The number of aliphatic carboxylic acids is 1. The van der Waals surface area contributed by atoms with Gasteiger partial charge >= 0.3 is 17.9 Å². The fraction of sp³-hybridized carbons (Fsp3) is 0.368. The fourth-order valence-electron chi connectivity index (χ4n) is 2.87. The van der Waals surface area contributed by atoms with Crippen LogP contribution in [0.2, 0.25) is 5.02 Å². The number of allylic oxidation sites excluding steroid dienone is 1. The molecule has 0 saturated carbocycles. The van der Waals surface area contributed by atoms with Crippen LogP contribution in [0.25, 0.3) is 0 Å². The summed E-state index contributed by atoms with van der Waals surface area (Å²) in [6, 6.07) is 2.31. The standard InChI is InChI=1S/C19H17ClF3NO7/c1-17(16(26)27)11-13(6-7-18(17,24(28)29)30-9-3-2-8-25)31-15-5-4-12(10-14(15)20)19(21,22)23/h4-8,10-11H,2-3,9H2,1H3,(H,26,27). The van der Waals surface area contributed by atoms with Gasteiger partial charge in [-0.1, -0.05) is 11.6 Å². The molecule has 1 aromatic carbocycles. The second-order valence-electron chi connectivity index (χ2n) is 6.74. The number of hydrogen-bond donors (Lipinski definition) is 1. The van der Waals surface area contributed by atoms with Gasteiger partial charge in [0.25, 0.3) is 0 Å². The van der Waals surface area contributed by atoms with Crippen molar-refractivity contribution in [3.05, 3.63) is 62.9 Å². The van der Waals surface area contributed by atoms with Crippen LogP contribution in [0.1, 0.15) is 25.3 Å². The maximum atomic E-state index is 12.8. The second kappa shape index (κ2) is 9.06. The Morgan fingerprint density at radius 3 is 2.58 bits per heavy atom. The largest absolute Gasteiger partial charge is 0.480 e. The van der Waals surface area contributed by atoms with Crippen molar-refractivity contribution in [2.75, 3.05) is 6.61 Å². The van der Waals surface area contributed by atoms with Gasteiger partial charge in [-0.05, 0) is 43.7 Å². The Morgan fingerprint density at radius 1 is 1.39 bits per heavy atom. The summed E-state index contributed by atoms with van der Waals surface area (Å²) in [5.74, 6) is -2.01. The van der Waals surface area contributed by atoms with Gasteiger partial charge in [0.05, 0.1) is 22.1 Å². The number of carbonyl (C=O) groups is 2. The molecule has 0 fully saturated rings. The molecule has 1 aliphatic carbocycles. The molecular weight excluding hydrogens is 447 g/mol. The van der Waals surface area contributed by atoms with Gasteiger partial charge in [0.1, 0.15) is 17.8 Å². The summed E-state index contributed by atoms with van der Waals surface area (Å²) >= 11 is 5.84. The number of carboxylic acids is 1. The van der Waals surface area contributed by atoms with Gasteiger partial charge in [-0.2, -0.15) is 13.2 Å². The lowest BCUT2D eigenvalue weighted by Gasteiger charge is -2.36. The molecule has 0 bridgehead atoms. The zero-order chi connectivity index (χ0) is 23.4. The summed E-state index contributed by atoms with van der Waals surface area (Å²) in [5.41, 5.74) is -5.76. The lowest BCUT2D eigenvalue weighted by atomic mass is 9.75. The van der Waals surface area contributed by atoms with Crippen molar-refractivity contribution in [3.8, 4) is 5.75 Å². The normalized spacial score (nSPS) is 23.2. The maximum absolute atomic E-state index is 12.8. The summed E-state index contributed by atoms with van der Waals surface area (Å²) in [6.07, 6.45) is -0.952. The molecule has 0 radical (unpaired) electrons. The van der Waals surface area contributed by atoms with Crippen LogP contribution in [0.3, 0.4) is 0 Å². The van der Waals surface area contributed by atoms with Crippen LogP contribution < -0.4 is 4.74 Å². The minimum Gasteiger partial charge on any atom is -0.480 e. The molecule has 1 N–H and O–H groups in total. The first-order valence-electron chi connectivity index (χ1n) is 8.79. The van der Waals surface area contributed by atoms with Crippen molar-refractivity contribution in [1.82, 2.24) is 0 Å². The van der Waals surface area contributed by atoms with Crippen LogP contribution in [0.4, 0.5) is 13.2 Å². The van der Waals surface area contributed by atoms with E-state index >= 15 is 0 Å². The predicted molar refractivity (Wildman–Crippen MR) is 101 cm³/mol. The smallest absolute Gasteiger partial charge is 0.416 e. The van der Waals surface area contributed by atoms with Crippen molar-refractivity contribution >= 4 is 23.9 Å². The molecular formula is C19H17ClF3NO7. The summed E-state index contributed by atoms with van der Waals surface area (Å²) < 4.78 is 49.0. The first kappa shape index (κ1) is 24.4. The molecule has 0 saturated heterocycles. The van der Waals surface area contributed by atoms with Crippen molar-refractivity contribution < 1.29 is 42.3 Å². The van der Waals surface area contributed by atoms with Crippen LogP contribution in [-0.4, -0.2) is 34.6 Å². The summed E-state index contributed by atoms with van der Waals surface area (Å²) in [5, 5.41) is 21.1. The molecule has 168 valence electrons. The minimum absolute atomic E-state index is 0.0674.